The SMILES string of the molecule is CC1(C)C(=O)NCCN1CC(C(=O)NN)c1ccccc1. The van der Waals surface area contributed by atoms with Gasteiger partial charge in [0.2, 0.25) is 11.8 Å². The largest absolute Gasteiger partial charge is 0.353 e. The summed E-state index contributed by atoms with van der Waals surface area (Å²) in [6.07, 6.45) is 0. The van der Waals surface area contributed by atoms with Crippen LogP contribution in [0.1, 0.15) is 25.3 Å². The zero-order chi connectivity index (χ0) is 15.5. The molecule has 0 spiro atoms. The van der Waals surface area contributed by atoms with Crippen molar-refractivity contribution in [3.05, 3.63) is 35.9 Å². The first-order chi connectivity index (χ1) is 9.96. The molecule has 1 atom stereocenters. The number of benzene rings is 1. The van der Waals surface area contributed by atoms with Crippen LogP contribution in [0.15, 0.2) is 30.3 Å². The molecule has 1 aromatic rings. The van der Waals surface area contributed by atoms with E-state index in [1.807, 2.05) is 49.1 Å². The Labute approximate surface area is 124 Å². The van der Waals surface area contributed by atoms with Gasteiger partial charge in [-0.2, -0.15) is 0 Å². The highest BCUT2D eigenvalue weighted by molar-refractivity contribution is 5.87. The maximum atomic E-state index is 12.1. The third-order valence-electron chi connectivity index (χ3n) is 4.08. The van der Waals surface area contributed by atoms with Crippen molar-refractivity contribution in [3.8, 4) is 0 Å². The first-order valence-electron chi connectivity index (χ1n) is 7.05. The molecule has 0 aliphatic carbocycles. The van der Waals surface area contributed by atoms with E-state index in [4.69, 9.17) is 5.84 Å². The zero-order valence-electron chi connectivity index (χ0n) is 12.4. The van der Waals surface area contributed by atoms with Crippen LogP contribution in [0.25, 0.3) is 0 Å². The number of nitrogens with one attached hydrogen (secondary N) is 2. The van der Waals surface area contributed by atoms with Crippen LogP contribution in [0, 0.1) is 0 Å². The summed E-state index contributed by atoms with van der Waals surface area (Å²) in [6.45, 7) is 5.48. The van der Waals surface area contributed by atoms with Gasteiger partial charge >= 0.3 is 0 Å². The van der Waals surface area contributed by atoms with Crippen LogP contribution in [0.5, 0.6) is 0 Å². The molecule has 6 heteroatoms. The number of amides is 2. The van der Waals surface area contributed by atoms with E-state index in [0.29, 0.717) is 19.6 Å². The Bertz CT molecular complexity index is 516. The minimum Gasteiger partial charge on any atom is -0.353 e. The molecule has 4 N–H and O–H groups in total. The van der Waals surface area contributed by atoms with Crippen LogP contribution in [0.2, 0.25) is 0 Å². The van der Waals surface area contributed by atoms with Gasteiger partial charge in [0.25, 0.3) is 0 Å². The molecule has 1 aliphatic rings. The van der Waals surface area contributed by atoms with Gasteiger partial charge in [0.05, 0.1) is 11.5 Å². The summed E-state index contributed by atoms with van der Waals surface area (Å²) in [5, 5.41) is 2.85. The molecule has 0 aromatic heterocycles. The van der Waals surface area contributed by atoms with Crippen LogP contribution < -0.4 is 16.6 Å². The summed E-state index contributed by atoms with van der Waals surface area (Å²) in [6, 6.07) is 9.48. The smallest absolute Gasteiger partial charge is 0.242 e. The number of hydrogen-bond acceptors (Lipinski definition) is 4. The van der Waals surface area contributed by atoms with Gasteiger partial charge in [-0.1, -0.05) is 30.3 Å². The summed E-state index contributed by atoms with van der Waals surface area (Å²) >= 11 is 0. The highest BCUT2D eigenvalue weighted by atomic mass is 16.2. The second-order valence-electron chi connectivity index (χ2n) is 5.73. The Hall–Kier alpha value is -1.92. The van der Waals surface area contributed by atoms with E-state index in [0.717, 1.165) is 5.56 Å². The normalized spacial score (nSPS) is 19.7. The summed E-state index contributed by atoms with van der Waals surface area (Å²) in [5.41, 5.74) is 2.48. The molecule has 1 unspecified atom stereocenters. The maximum absolute atomic E-state index is 12.1. The number of carbonyl (C=O) groups is 2. The monoisotopic (exact) mass is 290 g/mol. The van der Waals surface area contributed by atoms with Crippen molar-refractivity contribution in [2.45, 2.75) is 25.3 Å². The fraction of sp³-hybridized carbons (Fsp3) is 0.467. The fourth-order valence-electron chi connectivity index (χ4n) is 2.61. The van der Waals surface area contributed by atoms with Crippen LogP contribution in [-0.2, 0) is 9.59 Å². The summed E-state index contributed by atoms with van der Waals surface area (Å²) in [5.74, 6) is 4.64. The first kappa shape index (κ1) is 15.5. The Morgan fingerprint density at radius 1 is 1.43 bits per heavy atom. The molecule has 114 valence electrons. The van der Waals surface area contributed by atoms with Crippen molar-refractivity contribution in [1.82, 2.24) is 15.6 Å². The van der Waals surface area contributed by atoms with E-state index < -0.39 is 11.5 Å². The van der Waals surface area contributed by atoms with Crippen molar-refractivity contribution in [3.63, 3.8) is 0 Å². The molecule has 1 aromatic carbocycles. The third kappa shape index (κ3) is 3.22. The summed E-state index contributed by atoms with van der Waals surface area (Å²) in [4.78, 5) is 26.1. The van der Waals surface area contributed by atoms with Gasteiger partial charge in [0.15, 0.2) is 0 Å². The highest BCUT2D eigenvalue weighted by Gasteiger charge is 2.39. The quantitative estimate of drug-likeness (QED) is 0.413. The fourth-order valence-corrected chi connectivity index (χ4v) is 2.61. The van der Waals surface area contributed by atoms with Crippen molar-refractivity contribution in [2.24, 2.45) is 5.84 Å². The van der Waals surface area contributed by atoms with E-state index in [-0.39, 0.29) is 11.8 Å². The number of hydrazine groups is 1. The van der Waals surface area contributed by atoms with Crippen LogP contribution >= 0.6 is 0 Å². The molecule has 2 rings (SSSR count). The highest BCUT2D eigenvalue weighted by Crippen LogP contribution is 2.24. The zero-order valence-corrected chi connectivity index (χ0v) is 12.4. The molecular formula is C15H22N4O2. The molecule has 1 saturated heterocycles. The van der Waals surface area contributed by atoms with E-state index >= 15 is 0 Å². The van der Waals surface area contributed by atoms with Crippen molar-refractivity contribution in [1.29, 1.82) is 0 Å². The lowest BCUT2D eigenvalue weighted by Crippen LogP contribution is -2.62. The minimum atomic E-state index is -0.639. The van der Waals surface area contributed by atoms with Gasteiger partial charge in [-0.15, -0.1) is 0 Å². The predicted octanol–water partition coefficient (Wildman–Crippen LogP) is -0.0295. The lowest BCUT2D eigenvalue weighted by atomic mass is 9.93. The Kier molecular flexibility index (Phi) is 4.59. The number of nitrogens with zero attached hydrogens (tertiary/aromatic N) is 1. The number of carbonyl (C=O) groups excluding carboxylic acids is 2. The molecule has 1 aliphatic heterocycles. The van der Waals surface area contributed by atoms with Crippen molar-refractivity contribution in [2.75, 3.05) is 19.6 Å². The lowest BCUT2D eigenvalue weighted by Gasteiger charge is -2.42. The second-order valence-corrected chi connectivity index (χ2v) is 5.73. The van der Waals surface area contributed by atoms with Gasteiger partial charge in [0, 0.05) is 19.6 Å². The van der Waals surface area contributed by atoms with E-state index in [1.54, 1.807) is 0 Å². The molecule has 1 heterocycles. The average molecular weight is 290 g/mol. The summed E-state index contributed by atoms with van der Waals surface area (Å²) < 4.78 is 0. The molecule has 2 amide bonds. The number of piperazine rings is 1. The molecule has 6 nitrogen and oxygen atoms in total. The molecule has 0 saturated carbocycles. The maximum Gasteiger partial charge on any atom is 0.242 e. The van der Waals surface area contributed by atoms with Gasteiger partial charge in [0.1, 0.15) is 0 Å². The first-order valence-corrected chi connectivity index (χ1v) is 7.05. The number of nitrogens with two attached hydrogens (primary N) is 1. The topological polar surface area (TPSA) is 87.5 Å². The average Bonchev–Trinajstić information content (AvgIpc) is 2.49. The standard InChI is InChI=1S/C15H22N4O2/c1-15(2)14(21)17-8-9-19(15)10-12(13(20)18-16)11-6-4-3-5-7-11/h3-7,12H,8-10,16H2,1-2H3,(H,17,21)(H,18,20). The minimum absolute atomic E-state index is 0.0197. The van der Waals surface area contributed by atoms with E-state index in [1.165, 1.54) is 0 Å². The predicted molar refractivity (Wildman–Crippen MR) is 80.2 cm³/mol. The number of hydrogen-bond donors (Lipinski definition) is 3. The third-order valence-corrected chi connectivity index (χ3v) is 4.08. The van der Waals surface area contributed by atoms with Gasteiger partial charge in [-0.3, -0.25) is 19.9 Å². The van der Waals surface area contributed by atoms with Crippen LogP contribution in [-0.4, -0.2) is 41.9 Å². The molecule has 0 bridgehead atoms. The van der Waals surface area contributed by atoms with E-state index in [2.05, 4.69) is 10.7 Å². The number of rotatable bonds is 4. The Morgan fingerprint density at radius 2 is 2.10 bits per heavy atom. The lowest BCUT2D eigenvalue weighted by molar-refractivity contribution is -0.136. The Balaban J connectivity index is 2.23. The van der Waals surface area contributed by atoms with Crippen LogP contribution in [0.4, 0.5) is 0 Å². The molecular weight excluding hydrogens is 268 g/mol. The molecule has 21 heavy (non-hydrogen) atoms. The van der Waals surface area contributed by atoms with Crippen molar-refractivity contribution >= 4 is 11.8 Å². The second kappa shape index (κ2) is 6.24. The van der Waals surface area contributed by atoms with Gasteiger partial charge in [-0.25, -0.2) is 5.84 Å². The van der Waals surface area contributed by atoms with Crippen molar-refractivity contribution < 1.29 is 9.59 Å². The summed E-state index contributed by atoms with van der Waals surface area (Å²) in [7, 11) is 0. The van der Waals surface area contributed by atoms with Gasteiger partial charge in [-0.05, 0) is 19.4 Å². The van der Waals surface area contributed by atoms with Gasteiger partial charge < -0.3 is 5.32 Å². The Morgan fingerprint density at radius 3 is 2.71 bits per heavy atom. The van der Waals surface area contributed by atoms with Crippen LogP contribution in [0.3, 0.4) is 0 Å². The molecule has 1 fully saturated rings. The molecule has 0 radical (unpaired) electrons. The van der Waals surface area contributed by atoms with E-state index in [9.17, 15) is 9.59 Å².